The van der Waals surface area contributed by atoms with Crippen molar-refractivity contribution in [3.05, 3.63) is 132 Å². The second-order valence-electron chi connectivity index (χ2n) is 11.8. The molecule has 0 unspecified atom stereocenters. The number of rotatable bonds is 10. The first-order chi connectivity index (χ1) is 23.4. The van der Waals surface area contributed by atoms with E-state index in [2.05, 4.69) is 23.8 Å². The quantitative estimate of drug-likeness (QED) is 0.122. The van der Waals surface area contributed by atoms with Crippen molar-refractivity contribution in [1.29, 1.82) is 0 Å². The van der Waals surface area contributed by atoms with Crippen LogP contribution >= 0.6 is 0 Å². The van der Waals surface area contributed by atoms with Crippen LogP contribution in [-0.2, 0) is 9.59 Å². The maximum atomic E-state index is 14.1. The van der Waals surface area contributed by atoms with Crippen molar-refractivity contribution >= 4 is 63.6 Å². The molecule has 1 aliphatic heterocycles. The zero-order valence-electron chi connectivity index (χ0n) is 27.2. The molecule has 0 radical (unpaired) electrons. The number of hydrogen-bond donors (Lipinski definition) is 4. The predicted octanol–water partition coefficient (Wildman–Crippen LogP) is 5.90. The van der Waals surface area contributed by atoms with E-state index in [-0.39, 0.29) is 24.0 Å². The number of barbiturate groups is 1. The Hall–Kier alpha value is -6.49. The van der Waals surface area contributed by atoms with Gasteiger partial charge in [-0.05, 0) is 71.5 Å². The molecule has 1 fully saturated rings. The van der Waals surface area contributed by atoms with Crippen molar-refractivity contribution < 1.29 is 24.0 Å². The highest BCUT2D eigenvalue weighted by Gasteiger charge is 2.55. The lowest BCUT2D eigenvalue weighted by Gasteiger charge is -2.42. The standard InChI is InChI=1S/C38H36N6O5/c1-23(25-13-5-7-15-27(25)33(45)41-31-19-11-9-17-29(31)39)21-38(35(47)43(3)37(49)44(4)36(38)48)22-24(2)26-14-6-8-16-28(26)34(46)42-32-20-12-10-18-30(32)40/h5-20H,1-2,21-22,39-40H2,3-4H3,(H,41,45)(H,42,46). The van der Waals surface area contributed by atoms with Crippen LogP contribution in [-0.4, -0.2) is 53.6 Å². The molecule has 1 aliphatic rings. The van der Waals surface area contributed by atoms with Gasteiger partial charge in [0, 0.05) is 25.2 Å². The number of imide groups is 2. The van der Waals surface area contributed by atoms with E-state index in [4.69, 9.17) is 11.5 Å². The number of carbonyl (C=O) groups excluding carboxylic acids is 5. The van der Waals surface area contributed by atoms with Gasteiger partial charge in [-0.1, -0.05) is 73.8 Å². The van der Waals surface area contributed by atoms with Gasteiger partial charge in [0.25, 0.3) is 11.8 Å². The van der Waals surface area contributed by atoms with Crippen molar-refractivity contribution in [3.63, 3.8) is 0 Å². The Kier molecular flexibility index (Phi) is 9.47. The number of allylic oxidation sites excluding steroid dienone is 2. The van der Waals surface area contributed by atoms with E-state index in [0.717, 1.165) is 9.80 Å². The average Bonchev–Trinajstić information content (AvgIpc) is 3.10. The highest BCUT2D eigenvalue weighted by Crippen LogP contribution is 2.44. The van der Waals surface area contributed by atoms with Gasteiger partial charge in [-0.15, -0.1) is 0 Å². The Bertz CT molecular complexity index is 1890. The molecule has 11 nitrogen and oxygen atoms in total. The van der Waals surface area contributed by atoms with E-state index in [1.165, 1.54) is 14.1 Å². The van der Waals surface area contributed by atoms with E-state index < -0.39 is 35.1 Å². The van der Waals surface area contributed by atoms with Crippen LogP contribution in [0, 0.1) is 5.41 Å². The van der Waals surface area contributed by atoms with Crippen molar-refractivity contribution in [1.82, 2.24) is 9.80 Å². The van der Waals surface area contributed by atoms with Gasteiger partial charge in [-0.25, -0.2) is 4.79 Å². The fourth-order valence-electron chi connectivity index (χ4n) is 6.00. The van der Waals surface area contributed by atoms with Crippen LogP contribution < -0.4 is 22.1 Å². The topological polar surface area (TPSA) is 168 Å². The van der Waals surface area contributed by atoms with Crippen LogP contribution in [0.5, 0.6) is 0 Å². The Balaban J connectivity index is 1.51. The number of nitrogen functional groups attached to an aromatic ring is 2. The lowest BCUT2D eigenvalue weighted by molar-refractivity contribution is -0.156. The number of benzene rings is 4. The summed E-state index contributed by atoms with van der Waals surface area (Å²) in [4.78, 5) is 69.9. The molecule has 6 amide bonds. The molecule has 0 aliphatic carbocycles. The number of nitrogens with zero attached hydrogens (tertiary/aromatic N) is 2. The van der Waals surface area contributed by atoms with Gasteiger partial charge >= 0.3 is 6.03 Å². The van der Waals surface area contributed by atoms with Crippen LogP contribution in [0.1, 0.15) is 44.7 Å². The van der Waals surface area contributed by atoms with E-state index in [0.29, 0.717) is 45.0 Å². The zero-order chi connectivity index (χ0) is 35.5. The Morgan fingerprint density at radius 3 is 1.29 bits per heavy atom. The van der Waals surface area contributed by atoms with E-state index in [9.17, 15) is 24.0 Å². The maximum Gasteiger partial charge on any atom is 0.332 e. The molecule has 1 saturated heterocycles. The normalized spacial score (nSPS) is 14.0. The largest absolute Gasteiger partial charge is 0.397 e. The van der Waals surface area contributed by atoms with E-state index >= 15 is 0 Å². The molecular weight excluding hydrogens is 620 g/mol. The Morgan fingerprint density at radius 1 is 0.592 bits per heavy atom. The fourth-order valence-corrected chi connectivity index (χ4v) is 6.00. The monoisotopic (exact) mass is 656 g/mol. The van der Waals surface area contributed by atoms with Crippen LogP contribution in [0.2, 0.25) is 0 Å². The van der Waals surface area contributed by atoms with Crippen molar-refractivity contribution in [2.45, 2.75) is 12.8 Å². The molecule has 6 N–H and O–H groups in total. The van der Waals surface area contributed by atoms with Gasteiger partial charge in [-0.3, -0.25) is 29.0 Å². The number of carbonyl (C=O) groups is 5. The first-order valence-electron chi connectivity index (χ1n) is 15.3. The van der Waals surface area contributed by atoms with Crippen LogP contribution in [0.15, 0.2) is 110 Å². The smallest absolute Gasteiger partial charge is 0.332 e. The highest BCUT2D eigenvalue weighted by molar-refractivity contribution is 6.20. The summed E-state index contributed by atoms with van der Waals surface area (Å²) < 4.78 is 0. The van der Waals surface area contributed by atoms with Gasteiger partial charge in [0.1, 0.15) is 5.41 Å². The molecule has 0 spiro atoms. The molecule has 0 saturated carbocycles. The molecule has 1 heterocycles. The summed E-state index contributed by atoms with van der Waals surface area (Å²) in [6, 6.07) is 26.1. The third-order valence-electron chi connectivity index (χ3n) is 8.56. The van der Waals surface area contributed by atoms with Crippen molar-refractivity contribution in [3.8, 4) is 0 Å². The molecule has 5 rings (SSSR count). The van der Waals surface area contributed by atoms with Gasteiger partial charge in [0.05, 0.1) is 22.7 Å². The summed E-state index contributed by atoms with van der Waals surface area (Å²) in [6.45, 7) is 8.43. The molecule has 4 aromatic carbocycles. The number of amides is 6. The van der Waals surface area contributed by atoms with Gasteiger partial charge < -0.3 is 22.1 Å². The molecule has 11 heteroatoms. The third-order valence-corrected chi connectivity index (χ3v) is 8.56. The number of anilines is 4. The molecule has 0 bridgehead atoms. The Morgan fingerprint density at radius 2 is 0.918 bits per heavy atom. The summed E-state index contributed by atoms with van der Waals surface area (Å²) in [5.41, 5.74) is 13.6. The number of nitrogens with one attached hydrogen (secondary N) is 2. The highest BCUT2D eigenvalue weighted by atomic mass is 16.2. The minimum Gasteiger partial charge on any atom is -0.397 e. The summed E-state index contributed by atoms with van der Waals surface area (Å²) in [5, 5.41) is 5.61. The van der Waals surface area contributed by atoms with Crippen LogP contribution in [0.25, 0.3) is 11.1 Å². The SMILES string of the molecule is C=C(CC1(CC(=C)c2ccccc2C(=O)Nc2ccccc2N)C(=O)N(C)C(=O)N(C)C1=O)c1ccccc1C(=O)Nc1ccccc1N. The Labute approximate surface area is 283 Å². The van der Waals surface area contributed by atoms with E-state index in [1.54, 1.807) is 97.1 Å². The number of nitrogens with two attached hydrogens (primary N) is 2. The first-order valence-corrected chi connectivity index (χ1v) is 15.3. The molecule has 49 heavy (non-hydrogen) atoms. The second kappa shape index (κ2) is 13.7. The number of para-hydroxylation sites is 4. The summed E-state index contributed by atoms with van der Waals surface area (Å²) in [6.07, 6.45) is -0.531. The van der Waals surface area contributed by atoms with E-state index in [1.807, 2.05) is 0 Å². The van der Waals surface area contributed by atoms with Crippen LogP contribution in [0.3, 0.4) is 0 Å². The van der Waals surface area contributed by atoms with Gasteiger partial charge in [0.2, 0.25) is 11.8 Å². The molecular formula is C38H36N6O5. The average molecular weight is 657 g/mol. The molecule has 4 aromatic rings. The number of urea groups is 1. The zero-order valence-corrected chi connectivity index (χ0v) is 27.2. The van der Waals surface area contributed by atoms with Gasteiger partial charge in [-0.2, -0.15) is 0 Å². The van der Waals surface area contributed by atoms with Crippen molar-refractivity contribution in [2.24, 2.45) is 5.41 Å². The summed E-state index contributed by atoms with van der Waals surface area (Å²) in [5.74, 6) is -2.47. The summed E-state index contributed by atoms with van der Waals surface area (Å²) in [7, 11) is 2.59. The minimum atomic E-state index is -1.90. The number of hydrogen-bond acceptors (Lipinski definition) is 7. The third kappa shape index (κ3) is 6.54. The first kappa shape index (κ1) is 33.9. The fraction of sp³-hybridized carbons (Fsp3) is 0.132. The lowest BCUT2D eigenvalue weighted by atomic mass is 9.71. The second-order valence-corrected chi connectivity index (χ2v) is 11.8. The molecule has 0 atom stereocenters. The van der Waals surface area contributed by atoms with Crippen molar-refractivity contribution in [2.75, 3.05) is 36.2 Å². The maximum absolute atomic E-state index is 14.1. The molecule has 248 valence electrons. The molecule has 0 aromatic heterocycles. The van der Waals surface area contributed by atoms with Crippen LogP contribution in [0.4, 0.5) is 27.5 Å². The van der Waals surface area contributed by atoms with Gasteiger partial charge in [0.15, 0.2) is 0 Å². The summed E-state index contributed by atoms with van der Waals surface area (Å²) >= 11 is 0. The minimum absolute atomic E-state index is 0.237. The lowest BCUT2D eigenvalue weighted by Crippen LogP contribution is -2.63. The predicted molar refractivity (Wildman–Crippen MR) is 191 cm³/mol.